The minimum absolute atomic E-state index is 0.0816. The molecule has 2 aromatic heterocycles. The van der Waals surface area contributed by atoms with Gasteiger partial charge < -0.3 is 4.90 Å². The average Bonchev–Trinajstić information content (AvgIpc) is 2.97. The van der Waals surface area contributed by atoms with E-state index in [-0.39, 0.29) is 11.9 Å². The number of hydrogen-bond donors (Lipinski definition) is 0. The zero-order valence-corrected chi connectivity index (χ0v) is 13.9. The van der Waals surface area contributed by atoms with Gasteiger partial charge in [0.25, 0.3) is 5.91 Å². The standard InChI is InChI=1S/C16H22N6O/c1-10-15(11(2)20(3)18-10)16(23)21-7-6-13(8-21)22-9-14(17-19-22)12-4-5-12/h9,12-13H,4-8H2,1-3H3. The first-order chi connectivity index (χ1) is 11.0. The Morgan fingerprint density at radius 2 is 2.04 bits per heavy atom. The van der Waals surface area contributed by atoms with Crippen molar-refractivity contribution in [3.05, 3.63) is 28.8 Å². The molecule has 7 heteroatoms. The molecule has 1 aliphatic heterocycles. The lowest BCUT2D eigenvalue weighted by Gasteiger charge is -2.16. The summed E-state index contributed by atoms with van der Waals surface area (Å²) in [5, 5.41) is 12.9. The van der Waals surface area contributed by atoms with Gasteiger partial charge in [-0.15, -0.1) is 5.10 Å². The summed E-state index contributed by atoms with van der Waals surface area (Å²) in [7, 11) is 1.88. The van der Waals surface area contributed by atoms with Gasteiger partial charge in [-0.05, 0) is 33.1 Å². The SMILES string of the molecule is Cc1nn(C)c(C)c1C(=O)N1CCC(n2cc(C3CC3)nn2)C1. The van der Waals surface area contributed by atoms with E-state index in [9.17, 15) is 4.79 Å². The van der Waals surface area contributed by atoms with Crippen LogP contribution in [0, 0.1) is 13.8 Å². The highest BCUT2D eigenvalue weighted by molar-refractivity contribution is 5.96. The van der Waals surface area contributed by atoms with Gasteiger partial charge in [-0.3, -0.25) is 9.48 Å². The number of nitrogens with zero attached hydrogens (tertiary/aromatic N) is 6. The molecule has 0 spiro atoms. The van der Waals surface area contributed by atoms with E-state index in [0.29, 0.717) is 12.5 Å². The Hall–Kier alpha value is -2.18. The molecule has 1 saturated carbocycles. The highest BCUT2D eigenvalue weighted by atomic mass is 16.2. The summed E-state index contributed by atoms with van der Waals surface area (Å²) in [6, 6.07) is 0.233. The third kappa shape index (κ3) is 2.44. The van der Waals surface area contributed by atoms with Crippen molar-refractivity contribution in [2.75, 3.05) is 13.1 Å². The van der Waals surface area contributed by atoms with Crippen molar-refractivity contribution in [3.63, 3.8) is 0 Å². The Morgan fingerprint density at radius 3 is 2.70 bits per heavy atom. The molecule has 2 fully saturated rings. The molecule has 1 saturated heterocycles. The summed E-state index contributed by atoms with van der Waals surface area (Å²) >= 11 is 0. The molecule has 0 N–H and O–H groups in total. The first kappa shape index (κ1) is 14.4. The summed E-state index contributed by atoms with van der Waals surface area (Å²) < 4.78 is 3.72. The van der Waals surface area contributed by atoms with Crippen LogP contribution in [0.5, 0.6) is 0 Å². The van der Waals surface area contributed by atoms with Crippen LogP contribution in [0.15, 0.2) is 6.20 Å². The van der Waals surface area contributed by atoms with Crippen LogP contribution in [-0.2, 0) is 7.05 Å². The molecule has 1 atom stereocenters. The van der Waals surface area contributed by atoms with Crippen molar-refractivity contribution in [2.24, 2.45) is 7.05 Å². The quantitative estimate of drug-likeness (QED) is 0.863. The Balaban J connectivity index is 1.49. The number of amides is 1. The molecule has 0 radical (unpaired) electrons. The lowest BCUT2D eigenvalue weighted by atomic mass is 10.1. The zero-order chi connectivity index (χ0) is 16.1. The fourth-order valence-electron chi connectivity index (χ4n) is 3.42. The van der Waals surface area contributed by atoms with Gasteiger partial charge in [0.05, 0.1) is 23.0 Å². The number of likely N-dealkylation sites (tertiary alicyclic amines) is 1. The van der Waals surface area contributed by atoms with Crippen LogP contribution in [0.25, 0.3) is 0 Å². The van der Waals surface area contributed by atoms with Gasteiger partial charge in [0.1, 0.15) is 0 Å². The summed E-state index contributed by atoms with van der Waals surface area (Å²) in [5.74, 6) is 0.696. The maximum atomic E-state index is 12.8. The maximum absolute atomic E-state index is 12.8. The second-order valence-electron chi connectivity index (χ2n) is 6.76. The topological polar surface area (TPSA) is 68.8 Å². The average molecular weight is 314 g/mol. The van der Waals surface area contributed by atoms with E-state index in [1.165, 1.54) is 12.8 Å². The van der Waals surface area contributed by atoms with Crippen LogP contribution in [0.3, 0.4) is 0 Å². The molecule has 3 heterocycles. The van der Waals surface area contributed by atoms with Crippen LogP contribution >= 0.6 is 0 Å². The Kier molecular flexibility index (Phi) is 3.25. The molecule has 2 aromatic rings. The van der Waals surface area contributed by atoms with Crippen LogP contribution < -0.4 is 0 Å². The predicted octanol–water partition coefficient (Wildman–Crippen LogP) is 1.59. The van der Waals surface area contributed by atoms with Crippen molar-refractivity contribution in [2.45, 2.75) is 45.1 Å². The van der Waals surface area contributed by atoms with Crippen LogP contribution in [-0.4, -0.2) is 48.7 Å². The predicted molar refractivity (Wildman–Crippen MR) is 84.2 cm³/mol. The first-order valence-corrected chi connectivity index (χ1v) is 8.25. The summed E-state index contributed by atoms with van der Waals surface area (Å²) in [6.45, 7) is 5.29. The van der Waals surface area contributed by atoms with Gasteiger partial charge in [-0.2, -0.15) is 5.10 Å². The van der Waals surface area contributed by atoms with Crippen LogP contribution in [0.4, 0.5) is 0 Å². The van der Waals surface area contributed by atoms with E-state index in [0.717, 1.165) is 35.6 Å². The van der Waals surface area contributed by atoms with Crippen LogP contribution in [0.2, 0.25) is 0 Å². The maximum Gasteiger partial charge on any atom is 0.257 e. The van der Waals surface area contributed by atoms with E-state index in [2.05, 4.69) is 21.6 Å². The van der Waals surface area contributed by atoms with Gasteiger partial charge in [0, 0.05) is 37.9 Å². The molecular weight excluding hydrogens is 292 g/mol. The zero-order valence-electron chi connectivity index (χ0n) is 13.9. The number of rotatable bonds is 3. The molecule has 0 bridgehead atoms. The van der Waals surface area contributed by atoms with Gasteiger partial charge >= 0.3 is 0 Å². The largest absolute Gasteiger partial charge is 0.336 e. The Morgan fingerprint density at radius 1 is 1.26 bits per heavy atom. The fraction of sp³-hybridized carbons (Fsp3) is 0.625. The smallest absolute Gasteiger partial charge is 0.257 e. The molecular formula is C16H22N6O. The molecule has 1 unspecified atom stereocenters. The van der Waals surface area contributed by atoms with Gasteiger partial charge in [0.15, 0.2) is 0 Å². The van der Waals surface area contributed by atoms with Crippen molar-refractivity contribution in [3.8, 4) is 0 Å². The fourth-order valence-corrected chi connectivity index (χ4v) is 3.42. The molecule has 4 rings (SSSR count). The molecule has 1 aliphatic carbocycles. The van der Waals surface area contributed by atoms with E-state index in [4.69, 9.17) is 0 Å². The Bertz CT molecular complexity index is 757. The molecule has 23 heavy (non-hydrogen) atoms. The number of aromatic nitrogens is 5. The molecule has 2 aliphatic rings. The number of hydrogen-bond acceptors (Lipinski definition) is 4. The molecule has 0 aromatic carbocycles. The number of carbonyl (C=O) groups is 1. The summed E-state index contributed by atoms with van der Waals surface area (Å²) in [4.78, 5) is 14.7. The summed E-state index contributed by atoms with van der Waals surface area (Å²) in [6.07, 6.45) is 5.45. The molecule has 1 amide bonds. The highest BCUT2D eigenvalue weighted by Gasteiger charge is 2.33. The van der Waals surface area contributed by atoms with Crippen molar-refractivity contribution >= 4 is 5.91 Å². The van der Waals surface area contributed by atoms with Gasteiger partial charge in [0.2, 0.25) is 0 Å². The lowest BCUT2D eigenvalue weighted by molar-refractivity contribution is 0.0785. The lowest BCUT2D eigenvalue weighted by Crippen LogP contribution is -2.30. The van der Waals surface area contributed by atoms with E-state index >= 15 is 0 Å². The van der Waals surface area contributed by atoms with Crippen molar-refractivity contribution < 1.29 is 4.79 Å². The minimum Gasteiger partial charge on any atom is -0.336 e. The third-order valence-corrected chi connectivity index (χ3v) is 5.07. The first-order valence-electron chi connectivity index (χ1n) is 8.25. The number of carbonyl (C=O) groups excluding carboxylic acids is 1. The second-order valence-corrected chi connectivity index (χ2v) is 6.76. The van der Waals surface area contributed by atoms with E-state index < -0.39 is 0 Å². The molecule has 122 valence electrons. The second kappa shape index (κ2) is 5.18. The Labute approximate surface area is 135 Å². The van der Waals surface area contributed by atoms with Gasteiger partial charge in [-0.1, -0.05) is 5.21 Å². The third-order valence-electron chi connectivity index (χ3n) is 5.07. The summed E-state index contributed by atoms with van der Waals surface area (Å²) in [5.41, 5.74) is 3.57. The molecule has 7 nitrogen and oxygen atoms in total. The number of aryl methyl sites for hydroxylation is 2. The van der Waals surface area contributed by atoms with Crippen molar-refractivity contribution in [1.29, 1.82) is 0 Å². The monoisotopic (exact) mass is 314 g/mol. The van der Waals surface area contributed by atoms with E-state index in [1.54, 1.807) is 4.68 Å². The van der Waals surface area contributed by atoms with Gasteiger partial charge in [-0.25, -0.2) is 4.68 Å². The van der Waals surface area contributed by atoms with Crippen molar-refractivity contribution in [1.82, 2.24) is 29.7 Å². The minimum atomic E-state index is 0.0816. The normalized spacial score (nSPS) is 21.2. The van der Waals surface area contributed by atoms with E-state index in [1.807, 2.05) is 30.5 Å². The van der Waals surface area contributed by atoms with Crippen LogP contribution in [0.1, 0.15) is 58.7 Å². The highest BCUT2D eigenvalue weighted by Crippen LogP contribution is 2.39.